The second-order valence-corrected chi connectivity index (χ2v) is 5.82. The van der Waals surface area contributed by atoms with E-state index in [0.29, 0.717) is 5.56 Å². The molecule has 28 heavy (non-hydrogen) atoms. The summed E-state index contributed by atoms with van der Waals surface area (Å²) in [5.74, 6) is -1.17. The molecule has 0 saturated carbocycles. The molecule has 0 bridgehead atoms. The van der Waals surface area contributed by atoms with Gasteiger partial charge in [0.25, 0.3) is 0 Å². The minimum absolute atomic E-state index is 0.0189. The van der Waals surface area contributed by atoms with Crippen LogP contribution in [0.1, 0.15) is 28.5 Å². The predicted octanol–water partition coefficient (Wildman–Crippen LogP) is 4.58. The second kappa shape index (κ2) is 7.79. The lowest BCUT2D eigenvalue weighted by molar-refractivity contribution is -0.137. The summed E-state index contributed by atoms with van der Waals surface area (Å²) in [6.45, 7) is 1.88. The first-order valence-corrected chi connectivity index (χ1v) is 8.32. The summed E-state index contributed by atoms with van der Waals surface area (Å²) in [5, 5.41) is 2.86. The van der Waals surface area contributed by atoms with E-state index in [1.807, 2.05) is 0 Å². The van der Waals surface area contributed by atoms with Crippen molar-refractivity contribution >= 4 is 22.8 Å². The molecule has 2 aromatic carbocycles. The first kappa shape index (κ1) is 19.5. The lowest BCUT2D eigenvalue weighted by atomic mass is 10.2. The van der Waals surface area contributed by atoms with Gasteiger partial charge in [-0.15, -0.1) is 0 Å². The smallest absolute Gasteiger partial charge is 0.416 e. The van der Waals surface area contributed by atoms with Crippen molar-refractivity contribution in [3.8, 4) is 0 Å². The molecule has 0 spiro atoms. The summed E-state index contributed by atoms with van der Waals surface area (Å²) in [5.41, 5.74) is -0.228. The van der Waals surface area contributed by atoms with Crippen LogP contribution in [0.3, 0.4) is 0 Å². The van der Waals surface area contributed by atoms with Crippen molar-refractivity contribution in [2.45, 2.75) is 19.6 Å². The first-order valence-electron chi connectivity index (χ1n) is 8.32. The zero-order chi connectivity index (χ0) is 20.3. The van der Waals surface area contributed by atoms with E-state index in [0.717, 1.165) is 18.2 Å². The summed E-state index contributed by atoms with van der Waals surface area (Å²) in [6, 6.07) is 8.48. The zero-order valence-electron chi connectivity index (χ0n) is 14.7. The summed E-state index contributed by atoms with van der Waals surface area (Å²) in [7, 11) is 0. The number of hydrogen-bond acceptors (Lipinski definition) is 5. The Bertz CT molecular complexity index is 1000. The van der Waals surface area contributed by atoms with Crippen LogP contribution in [0.4, 0.5) is 23.4 Å². The van der Waals surface area contributed by atoms with Crippen molar-refractivity contribution in [1.82, 2.24) is 9.97 Å². The third-order valence-electron chi connectivity index (χ3n) is 3.83. The number of alkyl halides is 3. The first-order chi connectivity index (χ1) is 13.3. The third kappa shape index (κ3) is 4.36. The van der Waals surface area contributed by atoms with Crippen molar-refractivity contribution in [3.63, 3.8) is 0 Å². The number of ether oxygens (including phenoxy) is 1. The van der Waals surface area contributed by atoms with Gasteiger partial charge in [-0.3, -0.25) is 0 Å². The van der Waals surface area contributed by atoms with Gasteiger partial charge < -0.3 is 10.1 Å². The van der Waals surface area contributed by atoms with Gasteiger partial charge in [-0.2, -0.15) is 13.2 Å². The molecule has 0 atom stereocenters. The number of fused-ring (bicyclic) bond motifs is 1. The summed E-state index contributed by atoms with van der Waals surface area (Å²) < 4.78 is 56.8. The van der Waals surface area contributed by atoms with E-state index < -0.39 is 23.5 Å². The van der Waals surface area contributed by atoms with Crippen LogP contribution in [-0.4, -0.2) is 22.5 Å². The van der Waals surface area contributed by atoms with Crippen molar-refractivity contribution < 1.29 is 27.1 Å². The highest BCUT2D eigenvalue weighted by Crippen LogP contribution is 2.31. The van der Waals surface area contributed by atoms with Crippen molar-refractivity contribution in [3.05, 3.63) is 65.1 Å². The lowest BCUT2D eigenvalue weighted by Crippen LogP contribution is -2.14. The topological polar surface area (TPSA) is 64.1 Å². The Balaban J connectivity index is 2.00. The van der Waals surface area contributed by atoms with Gasteiger partial charge in [-0.25, -0.2) is 19.2 Å². The number of rotatable bonds is 5. The average molecular weight is 393 g/mol. The molecule has 3 aromatic rings. The monoisotopic (exact) mass is 393 g/mol. The number of esters is 1. The normalized spacial score (nSPS) is 11.5. The highest BCUT2D eigenvalue weighted by atomic mass is 19.4. The molecule has 0 aliphatic rings. The largest absolute Gasteiger partial charge is 0.461 e. The van der Waals surface area contributed by atoms with E-state index in [1.54, 1.807) is 6.92 Å². The molecule has 9 heteroatoms. The zero-order valence-corrected chi connectivity index (χ0v) is 14.7. The number of anilines is 1. The Labute approximate surface area is 157 Å². The maximum atomic E-state index is 13.0. The molecule has 0 amide bonds. The number of carbonyl (C=O) groups excluding carboxylic acids is 1. The Hall–Kier alpha value is -3.23. The molecular weight excluding hydrogens is 378 g/mol. The summed E-state index contributed by atoms with van der Waals surface area (Å²) in [6.07, 6.45) is -4.53. The van der Waals surface area contributed by atoms with Gasteiger partial charge in [0.05, 0.1) is 23.2 Å². The minimum atomic E-state index is -4.53. The standard InChI is InChI=1S/C19H15F4N3O2/c1-2-28-18(27)16-17(24-10-11-3-6-13(20)7-4-11)26-15-9-12(19(21,22)23)5-8-14(15)25-16/h3-9H,2,10H2,1H3,(H,24,26). The quantitative estimate of drug-likeness (QED) is 0.508. The fourth-order valence-corrected chi connectivity index (χ4v) is 2.48. The van der Waals surface area contributed by atoms with Crippen molar-refractivity contribution in [1.29, 1.82) is 0 Å². The van der Waals surface area contributed by atoms with Gasteiger partial charge in [0.2, 0.25) is 0 Å². The Morgan fingerprint density at radius 2 is 1.79 bits per heavy atom. The maximum Gasteiger partial charge on any atom is 0.416 e. The van der Waals surface area contributed by atoms with Crippen molar-refractivity contribution in [2.24, 2.45) is 0 Å². The molecule has 1 heterocycles. The van der Waals surface area contributed by atoms with E-state index in [9.17, 15) is 22.4 Å². The molecule has 3 rings (SSSR count). The van der Waals surface area contributed by atoms with E-state index >= 15 is 0 Å². The molecule has 0 aliphatic carbocycles. The van der Waals surface area contributed by atoms with E-state index in [2.05, 4.69) is 15.3 Å². The van der Waals surface area contributed by atoms with Crippen LogP contribution in [0.5, 0.6) is 0 Å². The molecule has 0 saturated heterocycles. The lowest BCUT2D eigenvalue weighted by Gasteiger charge is -2.12. The van der Waals surface area contributed by atoms with Gasteiger partial charge in [0, 0.05) is 6.54 Å². The highest BCUT2D eigenvalue weighted by molar-refractivity contribution is 5.95. The SMILES string of the molecule is CCOC(=O)c1nc2ccc(C(F)(F)F)cc2nc1NCc1ccc(F)cc1. The van der Waals surface area contributed by atoms with Crippen LogP contribution < -0.4 is 5.32 Å². The summed E-state index contributed by atoms with van der Waals surface area (Å²) in [4.78, 5) is 20.5. The van der Waals surface area contributed by atoms with E-state index in [-0.39, 0.29) is 35.7 Å². The fraction of sp³-hybridized carbons (Fsp3) is 0.211. The molecule has 5 nitrogen and oxygen atoms in total. The molecular formula is C19H15F4N3O2. The number of hydrogen-bond donors (Lipinski definition) is 1. The van der Waals surface area contributed by atoms with Crippen LogP contribution in [0.25, 0.3) is 11.0 Å². The minimum Gasteiger partial charge on any atom is -0.461 e. The Morgan fingerprint density at radius 3 is 2.43 bits per heavy atom. The number of halogens is 4. The van der Waals surface area contributed by atoms with Crippen LogP contribution >= 0.6 is 0 Å². The molecule has 1 aromatic heterocycles. The second-order valence-electron chi connectivity index (χ2n) is 5.82. The van der Waals surface area contributed by atoms with Gasteiger partial charge in [-0.1, -0.05) is 12.1 Å². The van der Waals surface area contributed by atoms with E-state index in [1.165, 1.54) is 24.3 Å². The Kier molecular flexibility index (Phi) is 5.43. The van der Waals surface area contributed by atoms with Crippen molar-refractivity contribution in [2.75, 3.05) is 11.9 Å². The third-order valence-corrected chi connectivity index (χ3v) is 3.83. The molecule has 146 valence electrons. The molecule has 0 unspecified atom stereocenters. The number of carbonyl (C=O) groups is 1. The van der Waals surface area contributed by atoms with Gasteiger partial charge in [0.1, 0.15) is 5.82 Å². The molecule has 0 radical (unpaired) electrons. The maximum absolute atomic E-state index is 13.0. The molecule has 0 fully saturated rings. The van der Waals surface area contributed by atoms with E-state index in [4.69, 9.17) is 4.74 Å². The van der Waals surface area contributed by atoms with Gasteiger partial charge in [0.15, 0.2) is 11.5 Å². The van der Waals surface area contributed by atoms with Crippen LogP contribution in [-0.2, 0) is 17.5 Å². The highest BCUT2D eigenvalue weighted by Gasteiger charge is 2.31. The summed E-state index contributed by atoms with van der Waals surface area (Å²) >= 11 is 0. The van der Waals surface area contributed by atoms with Gasteiger partial charge >= 0.3 is 12.1 Å². The van der Waals surface area contributed by atoms with Crippen LogP contribution in [0.15, 0.2) is 42.5 Å². The van der Waals surface area contributed by atoms with Crippen LogP contribution in [0.2, 0.25) is 0 Å². The predicted molar refractivity (Wildman–Crippen MR) is 94.2 cm³/mol. The Morgan fingerprint density at radius 1 is 1.07 bits per heavy atom. The molecule has 1 N–H and O–H groups in total. The molecule has 0 aliphatic heterocycles. The van der Waals surface area contributed by atoms with Crippen LogP contribution in [0, 0.1) is 5.82 Å². The number of benzene rings is 2. The average Bonchev–Trinajstić information content (AvgIpc) is 2.66. The number of aromatic nitrogens is 2. The fourth-order valence-electron chi connectivity index (χ4n) is 2.48. The number of nitrogens with one attached hydrogen (secondary N) is 1. The number of nitrogens with zero attached hydrogens (tertiary/aromatic N) is 2. The van der Waals surface area contributed by atoms with Gasteiger partial charge in [-0.05, 0) is 42.8 Å².